The molecular weight excluding hydrogens is 1050 g/mol. The van der Waals surface area contributed by atoms with Crippen LogP contribution in [0.3, 0.4) is 0 Å². The first-order valence-electron chi connectivity index (χ1n) is 18.5. The third kappa shape index (κ3) is 32.3. The van der Waals surface area contributed by atoms with Crippen molar-refractivity contribution in [3.8, 4) is 0 Å². The molecule has 28 nitrogen and oxygen atoms in total. The molecule has 68 heavy (non-hydrogen) atoms. The minimum absolute atomic E-state index is 0. The van der Waals surface area contributed by atoms with E-state index in [4.69, 9.17) is 20.6 Å². The molecule has 0 aliphatic heterocycles. The standard InChI is InChI=1S/2C17H24N4O10S2.2K/c2*18-12(9-32(26,27)28)15(23)21-13(10-33(29,30)31)16(24)19-6-7-20-17(25)14(22)8-11-4-2-1-3-5-11;;/h2*1-5,12-13H,6-10,18H2,(H,19,24)(H,20,25)(H,21,23)(H,26,27,28)(H,29,30,31);;/q;;2*+1/p-2. The molecule has 368 valence electrons. The molecule has 0 spiro atoms. The van der Waals surface area contributed by atoms with Gasteiger partial charge in [-0.1, -0.05) is 60.7 Å². The van der Waals surface area contributed by atoms with Crippen LogP contribution in [0, 0.1) is 0 Å². The van der Waals surface area contributed by atoms with Gasteiger partial charge in [0.15, 0.2) is 0 Å². The molecule has 0 saturated carbocycles. The fourth-order valence-electron chi connectivity index (χ4n) is 4.83. The SMILES string of the molecule is NC(CS(=O)(=O)O)C(=O)NC(CS(=O)(=O)[O-])C(=O)NCCNC(=O)C(=O)Cc1ccccc1.NC(CS(=O)(=O)O)C(=O)NC(CS(=O)(=O)[O-])C(=O)NCCNC(=O)C(=O)Cc1ccccc1.[K+].[K+]. The van der Waals surface area contributed by atoms with Gasteiger partial charge in [-0.15, -0.1) is 0 Å². The summed E-state index contributed by atoms with van der Waals surface area (Å²) in [6.45, 7) is -1.08. The minimum atomic E-state index is -5.01. The zero-order valence-electron chi connectivity index (χ0n) is 36.2. The molecule has 0 fully saturated rings. The number of rotatable bonds is 26. The van der Waals surface area contributed by atoms with Crippen molar-refractivity contribution in [2.24, 2.45) is 11.5 Å². The summed E-state index contributed by atoms with van der Waals surface area (Å²) >= 11 is 0. The molecule has 6 amide bonds. The van der Waals surface area contributed by atoms with Crippen LogP contribution in [0.2, 0.25) is 0 Å². The molecule has 2 aromatic carbocycles. The van der Waals surface area contributed by atoms with Crippen LogP contribution in [-0.2, 0) is 91.7 Å². The van der Waals surface area contributed by atoms with E-state index in [2.05, 4.69) is 21.3 Å². The van der Waals surface area contributed by atoms with Gasteiger partial charge in [0.25, 0.3) is 32.1 Å². The molecule has 0 aliphatic rings. The molecule has 0 bridgehead atoms. The van der Waals surface area contributed by atoms with E-state index in [1.807, 2.05) is 10.6 Å². The van der Waals surface area contributed by atoms with Crippen LogP contribution in [0.15, 0.2) is 60.7 Å². The second-order valence-electron chi connectivity index (χ2n) is 13.5. The molecule has 0 aliphatic carbocycles. The molecule has 0 heterocycles. The molecule has 4 unspecified atom stereocenters. The van der Waals surface area contributed by atoms with E-state index in [0.29, 0.717) is 11.1 Å². The van der Waals surface area contributed by atoms with Crippen LogP contribution < -0.4 is 146 Å². The Morgan fingerprint density at radius 1 is 0.471 bits per heavy atom. The van der Waals surface area contributed by atoms with Crippen molar-refractivity contribution in [1.29, 1.82) is 0 Å². The summed E-state index contributed by atoms with van der Waals surface area (Å²) < 4.78 is 127. The summed E-state index contributed by atoms with van der Waals surface area (Å²) in [7, 11) is -19.3. The van der Waals surface area contributed by atoms with Crippen molar-refractivity contribution < 1.29 is 193 Å². The number of hydrogen-bond acceptors (Lipinski definition) is 20. The van der Waals surface area contributed by atoms with Gasteiger partial charge in [-0.2, -0.15) is 16.8 Å². The van der Waals surface area contributed by atoms with E-state index in [-0.39, 0.29) is 142 Å². The molecule has 4 atom stereocenters. The Hall–Kier alpha value is -2.57. The number of amides is 6. The quantitative estimate of drug-likeness (QED) is 0.0181. The molecule has 2 aromatic rings. The van der Waals surface area contributed by atoms with E-state index in [1.165, 1.54) is 0 Å². The molecule has 34 heteroatoms. The predicted molar refractivity (Wildman–Crippen MR) is 224 cm³/mol. The van der Waals surface area contributed by atoms with Gasteiger partial charge in [0.1, 0.15) is 24.2 Å². The van der Waals surface area contributed by atoms with Crippen molar-refractivity contribution in [1.82, 2.24) is 31.9 Å². The summed E-state index contributed by atoms with van der Waals surface area (Å²) in [6.07, 6.45) is -0.281. The zero-order chi connectivity index (χ0) is 50.5. The maximum absolute atomic E-state index is 12.2. The van der Waals surface area contributed by atoms with Gasteiger partial charge in [-0.05, 0) is 11.1 Å². The fourth-order valence-corrected chi connectivity index (χ4v) is 7.32. The Morgan fingerprint density at radius 3 is 1.01 bits per heavy atom. The van der Waals surface area contributed by atoms with Gasteiger partial charge >= 0.3 is 103 Å². The monoisotopic (exact) mass is 1090 g/mol. The Bertz CT molecular complexity index is 2340. The summed E-state index contributed by atoms with van der Waals surface area (Å²) in [6, 6.07) is 9.36. The van der Waals surface area contributed by atoms with Crippen molar-refractivity contribution in [2.45, 2.75) is 37.0 Å². The fraction of sp³-hybridized carbons (Fsp3) is 0.412. The number of carbonyl (C=O) groups is 8. The van der Waals surface area contributed by atoms with E-state index >= 15 is 0 Å². The van der Waals surface area contributed by atoms with Crippen LogP contribution in [0.25, 0.3) is 0 Å². The molecule has 12 N–H and O–H groups in total. The van der Waals surface area contributed by atoms with Gasteiger partial charge in [0, 0.05) is 39.0 Å². The zero-order valence-corrected chi connectivity index (χ0v) is 45.7. The Morgan fingerprint density at radius 2 is 0.750 bits per heavy atom. The first-order valence-corrected chi connectivity index (χ1v) is 24.9. The Labute approximate surface area is 475 Å². The average molecular weight is 1090 g/mol. The predicted octanol–water partition coefficient (Wildman–Crippen LogP) is -13.4. The topological polar surface area (TPSA) is 484 Å². The maximum atomic E-state index is 12.2. The smallest absolute Gasteiger partial charge is 0.748 e. The van der Waals surface area contributed by atoms with Crippen LogP contribution >= 0.6 is 0 Å². The number of Topliss-reactive ketones (excluding diaryl/α,β-unsaturated/α-hetero) is 2. The van der Waals surface area contributed by atoms with E-state index in [9.17, 15) is 81.1 Å². The van der Waals surface area contributed by atoms with E-state index < -0.39 is 135 Å². The molecular formula is C34H46K2N8O20S4. The van der Waals surface area contributed by atoms with Gasteiger partial charge in [0.05, 0.1) is 43.2 Å². The van der Waals surface area contributed by atoms with Crippen molar-refractivity contribution in [3.05, 3.63) is 71.8 Å². The minimum Gasteiger partial charge on any atom is -0.748 e. The second kappa shape index (κ2) is 32.4. The number of benzene rings is 2. The summed E-state index contributed by atoms with van der Waals surface area (Å²) in [5.41, 5.74) is 11.8. The van der Waals surface area contributed by atoms with Crippen LogP contribution in [-0.4, -0.2) is 172 Å². The number of ketones is 2. The number of carbonyl (C=O) groups excluding carboxylic acids is 8. The normalized spacial score (nSPS) is 13.0. The van der Waals surface area contributed by atoms with Crippen molar-refractivity contribution in [2.75, 3.05) is 49.2 Å². The first-order chi connectivity index (χ1) is 30.4. The Kier molecular flexibility index (Phi) is 32.2. The molecule has 0 saturated heterocycles. The largest absolute Gasteiger partial charge is 1.00 e. The van der Waals surface area contributed by atoms with E-state index in [1.54, 1.807) is 60.7 Å². The third-order valence-corrected chi connectivity index (χ3v) is 10.8. The first kappa shape index (κ1) is 67.5. The summed E-state index contributed by atoms with van der Waals surface area (Å²) in [5.74, 6) is -13.4. The van der Waals surface area contributed by atoms with Gasteiger partial charge in [0.2, 0.25) is 35.2 Å². The molecule has 2 rings (SSSR count). The summed E-state index contributed by atoms with van der Waals surface area (Å²) in [4.78, 5) is 95.5. The van der Waals surface area contributed by atoms with Crippen molar-refractivity contribution >= 4 is 87.5 Å². The molecule has 0 aromatic heterocycles. The summed E-state index contributed by atoms with van der Waals surface area (Å²) in [5, 5.41) is 12.4. The average Bonchev–Trinajstić information content (AvgIpc) is 3.18. The maximum Gasteiger partial charge on any atom is 1.00 e. The van der Waals surface area contributed by atoms with Gasteiger partial charge < -0.3 is 52.5 Å². The van der Waals surface area contributed by atoms with Crippen LogP contribution in [0.5, 0.6) is 0 Å². The van der Waals surface area contributed by atoms with Crippen LogP contribution in [0.1, 0.15) is 11.1 Å². The number of hydrogen-bond donors (Lipinski definition) is 10. The third-order valence-electron chi connectivity index (χ3n) is 7.80. The molecule has 0 radical (unpaired) electrons. The van der Waals surface area contributed by atoms with Crippen LogP contribution in [0.4, 0.5) is 0 Å². The van der Waals surface area contributed by atoms with E-state index in [0.717, 1.165) is 0 Å². The Balaban J connectivity index is 0. The number of nitrogens with one attached hydrogen (secondary N) is 6. The van der Waals surface area contributed by atoms with Gasteiger partial charge in [-0.3, -0.25) is 47.5 Å². The second-order valence-corrected chi connectivity index (χ2v) is 19.4. The number of nitrogens with two attached hydrogens (primary N) is 2. The van der Waals surface area contributed by atoms with Gasteiger partial charge in [-0.25, -0.2) is 16.8 Å². The van der Waals surface area contributed by atoms with Crippen molar-refractivity contribution in [3.63, 3.8) is 0 Å².